The van der Waals surface area contributed by atoms with E-state index < -0.39 is 0 Å². The Morgan fingerprint density at radius 1 is 0.328 bits per heavy atom. The number of benzene rings is 9. The zero-order valence-electron chi connectivity index (χ0n) is 34.5. The van der Waals surface area contributed by atoms with Gasteiger partial charge in [0.1, 0.15) is 0 Å². The van der Waals surface area contributed by atoms with Crippen LogP contribution < -0.4 is 0 Å². The highest BCUT2D eigenvalue weighted by molar-refractivity contribution is 6.12. The molecule has 0 aliphatic carbocycles. The molecule has 0 saturated carbocycles. The summed E-state index contributed by atoms with van der Waals surface area (Å²) < 4.78 is 4.68. The van der Waals surface area contributed by atoms with E-state index in [0.29, 0.717) is 23.0 Å². The van der Waals surface area contributed by atoms with Crippen molar-refractivity contribution in [2.24, 2.45) is 0 Å². The van der Waals surface area contributed by atoms with E-state index in [1.54, 1.807) is 0 Å². The maximum atomic E-state index is 10.0. The van der Waals surface area contributed by atoms with Crippen LogP contribution in [0, 0.1) is 11.3 Å². The quantitative estimate of drug-likeness (QED) is 0.161. The van der Waals surface area contributed by atoms with Crippen LogP contribution in [-0.2, 0) is 0 Å². The minimum Gasteiger partial charge on any atom is -0.309 e. The number of nitrogens with zero attached hydrogens (tertiary/aromatic N) is 6. The molecule has 0 saturated heterocycles. The molecule has 0 spiro atoms. The largest absolute Gasteiger partial charge is 0.309 e. The standard InChI is InChI=1S/C58H36N6/c59-37-43-20-10-11-23-45(43)42-30-33-53-49(35-42)47-25-13-15-27-52(47)64(53)54-32-29-40(41-28-31-48-46-24-12-14-26-51(46)63(55(48)36-41)44-21-8-3-9-22-44)34-50(54)58-61-56(38-16-4-1-5-17-38)60-57(62-58)39-18-6-2-7-19-39/h1-36H. The maximum Gasteiger partial charge on any atom is 0.166 e. The molecule has 12 rings (SSSR count). The molecule has 3 aromatic heterocycles. The van der Waals surface area contributed by atoms with Gasteiger partial charge in [-0.1, -0.05) is 158 Å². The second-order valence-electron chi connectivity index (χ2n) is 15.9. The second kappa shape index (κ2) is 15.2. The highest BCUT2D eigenvalue weighted by Gasteiger charge is 2.22. The van der Waals surface area contributed by atoms with E-state index in [1.165, 1.54) is 10.8 Å². The predicted octanol–water partition coefficient (Wildman–Crippen LogP) is 14.3. The summed E-state index contributed by atoms with van der Waals surface area (Å²) in [5.74, 6) is 1.75. The molecule has 298 valence electrons. The smallest absolute Gasteiger partial charge is 0.166 e. The van der Waals surface area contributed by atoms with Crippen molar-refractivity contribution in [2.75, 3.05) is 0 Å². The first-order valence-electron chi connectivity index (χ1n) is 21.3. The van der Waals surface area contributed by atoms with Crippen LogP contribution in [0.4, 0.5) is 0 Å². The van der Waals surface area contributed by atoms with Crippen molar-refractivity contribution in [1.82, 2.24) is 24.1 Å². The first-order chi connectivity index (χ1) is 31.7. The SMILES string of the molecule is N#Cc1ccccc1-c1ccc2c(c1)c1ccccc1n2-c1ccc(-c2ccc3c4ccccc4n(-c4ccccc4)c3c2)cc1-c1nc(-c2ccccc2)nc(-c2ccccc2)n1. The van der Waals surface area contributed by atoms with Gasteiger partial charge in [-0.25, -0.2) is 15.0 Å². The molecule has 12 aromatic rings. The third kappa shape index (κ3) is 6.14. The number of rotatable bonds is 7. The van der Waals surface area contributed by atoms with Crippen LogP contribution in [-0.4, -0.2) is 24.1 Å². The summed E-state index contributed by atoms with van der Waals surface area (Å²) >= 11 is 0. The summed E-state index contributed by atoms with van der Waals surface area (Å²) in [6, 6.07) is 78.1. The van der Waals surface area contributed by atoms with E-state index in [2.05, 4.69) is 149 Å². The van der Waals surface area contributed by atoms with Crippen molar-refractivity contribution < 1.29 is 0 Å². The van der Waals surface area contributed by atoms with Gasteiger partial charge >= 0.3 is 0 Å². The van der Waals surface area contributed by atoms with E-state index in [4.69, 9.17) is 15.0 Å². The van der Waals surface area contributed by atoms with E-state index >= 15 is 0 Å². The summed E-state index contributed by atoms with van der Waals surface area (Å²) in [4.78, 5) is 15.7. The van der Waals surface area contributed by atoms with Gasteiger partial charge < -0.3 is 9.13 Å². The molecule has 0 fully saturated rings. The Bertz CT molecular complexity index is 3730. The van der Waals surface area contributed by atoms with Crippen LogP contribution in [0.5, 0.6) is 0 Å². The molecule has 0 aliphatic heterocycles. The van der Waals surface area contributed by atoms with E-state index in [0.717, 1.165) is 83.2 Å². The summed E-state index contributed by atoms with van der Waals surface area (Å²) in [6.45, 7) is 0. The normalized spacial score (nSPS) is 11.4. The molecule has 64 heavy (non-hydrogen) atoms. The van der Waals surface area contributed by atoms with Crippen molar-refractivity contribution in [2.45, 2.75) is 0 Å². The fraction of sp³-hybridized carbons (Fsp3) is 0. The Hall–Kier alpha value is -8.92. The van der Waals surface area contributed by atoms with Crippen LogP contribution in [0.15, 0.2) is 218 Å². The lowest BCUT2D eigenvalue weighted by atomic mass is 9.98. The zero-order valence-corrected chi connectivity index (χ0v) is 34.5. The van der Waals surface area contributed by atoms with Gasteiger partial charge in [0, 0.05) is 43.9 Å². The van der Waals surface area contributed by atoms with Crippen LogP contribution in [0.25, 0.3) is 111 Å². The summed E-state index contributed by atoms with van der Waals surface area (Å²) in [5.41, 5.74) is 13.7. The van der Waals surface area contributed by atoms with Gasteiger partial charge in [-0.05, 0) is 82.9 Å². The van der Waals surface area contributed by atoms with E-state index in [9.17, 15) is 5.26 Å². The highest BCUT2D eigenvalue weighted by atomic mass is 15.1. The molecular formula is C58H36N6. The number of hydrogen-bond donors (Lipinski definition) is 0. The molecular weight excluding hydrogens is 781 g/mol. The second-order valence-corrected chi connectivity index (χ2v) is 15.9. The number of hydrogen-bond acceptors (Lipinski definition) is 4. The van der Waals surface area contributed by atoms with Gasteiger partial charge in [-0.2, -0.15) is 5.26 Å². The molecule has 0 radical (unpaired) electrons. The Labute approximate surface area is 369 Å². The molecule has 0 N–H and O–H groups in total. The molecule has 0 unspecified atom stereocenters. The van der Waals surface area contributed by atoms with Crippen molar-refractivity contribution in [3.05, 3.63) is 224 Å². The highest BCUT2D eigenvalue weighted by Crippen LogP contribution is 2.41. The van der Waals surface area contributed by atoms with Gasteiger partial charge in [0.25, 0.3) is 0 Å². The average Bonchev–Trinajstić information content (AvgIpc) is 3.89. The molecule has 0 atom stereocenters. The molecule has 0 bridgehead atoms. The van der Waals surface area contributed by atoms with Crippen LogP contribution in [0.1, 0.15) is 5.56 Å². The Morgan fingerprint density at radius 2 is 0.844 bits per heavy atom. The molecule has 0 aliphatic rings. The first kappa shape index (κ1) is 36.9. The van der Waals surface area contributed by atoms with Crippen molar-refractivity contribution in [3.8, 4) is 73.9 Å². The van der Waals surface area contributed by atoms with Crippen molar-refractivity contribution in [1.29, 1.82) is 5.26 Å². The van der Waals surface area contributed by atoms with Crippen LogP contribution in [0.3, 0.4) is 0 Å². The molecule has 6 nitrogen and oxygen atoms in total. The lowest BCUT2D eigenvalue weighted by Gasteiger charge is -2.17. The predicted molar refractivity (Wildman–Crippen MR) is 260 cm³/mol. The topological polar surface area (TPSA) is 72.3 Å². The number of para-hydroxylation sites is 3. The Morgan fingerprint density at radius 3 is 1.55 bits per heavy atom. The van der Waals surface area contributed by atoms with Gasteiger partial charge in [-0.15, -0.1) is 0 Å². The molecule has 6 heteroatoms. The zero-order chi connectivity index (χ0) is 42.6. The monoisotopic (exact) mass is 816 g/mol. The first-order valence-corrected chi connectivity index (χ1v) is 21.3. The lowest BCUT2D eigenvalue weighted by molar-refractivity contribution is 1.06. The van der Waals surface area contributed by atoms with Gasteiger partial charge in [0.2, 0.25) is 0 Å². The number of aromatic nitrogens is 5. The Kier molecular flexibility index (Phi) is 8.77. The number of nitriles is 1. The molecule has 9 aromatic carbocycles. The van der Waals surface area contributed by atoms with Crippen molar-refractivity contribution >= 4 is 43.6 Å². The number of fused-ring (bicyclic) bond motifs is 6. The average molecular weight is 817 g/mol. The summed E-state index contributed by atoms with van der Waals surface area (Å²) in [7, 11) is 0. The van der Waals surface area contributed by atoms with Gasteiger partial charge in [0.15, 0.2) is 17.5 Å². The third-order valence-corrected chi connectivity index (χ3v) is 12.2. The summed E-state index contributed by atoms with van der Waals surface area (Å²) in [5, 5.41) is 14.6. The minimum absolute atomic E-state index is 0.564. The maximum absolute atomic E-state index is 10.0. The van der Waals surface area contributed by atoms with E-state index in [1.807, 2.05) is 84.9 Å². The summed E-state index contributed by atoms with van der Waals surface area (Å²) in [6.07, 6.45) is 0. The van der Waals surface area contributed by atoms with Gasteiger partial charge in [0.05, 0.1) is 39.4 Å². The molecule has 0 amide bonds. The fourth-order valence-electron chi connectivity index (χ4n) is 9.26. The van der Waals surface area contributed by atoms with Crippen molar-refractivity contribution in [3.63, 3.8) is 0 Å². The molecule has 3 heterocycles. The van der Waals surface area contributed by atoms with Gasteiger partial charge in [-0.3, -0.25) is 0 Å². The Balaban J connectivity index is 1.13. The van der Waals surface area contributed by atoms with E-state index in [-0.39, 0.29) is 0 Å². The fourth-order valence-corrected chi connectivity index (χ4v) is 9.26. The van der Waals surface area contributed by atoms with Crippen LogP contribution in [0.2, 0.25) is 0 Å². The minimum atomic E-state index is 0.564. The van der Waals surface area contributed by atoms with Crippen LogP contribution >= 0.6 is 0 Å². The lowest BCUT2D eigenvalue weighted by Crippen LogP contribution is -2.04. The third-order valence-electron chi connectivity index (χ3n) is 12.2.